The molecule has 4 N–H and O–H groups in total. The van der Waals surface area contributed by atoms with Crippen LogP contribution in [-0.4, -0.2) is 23.0 Å². The number of halogens is 3. The number of rotatable bonds is 3. The summed E-state index contributed by atoms with van der Waals surface area (Å²) in [6.07, 6.45) is -3.19. The van der Waals surface area contributed by atoms with Crippen LogP contribution < -0.4 is 11.2 Å². The first-order chi connectivity index (χ1) is 11.2. The van der Waals surface area contributed by atoms with Crippen molar-refractivity contribution in [1.29, 1.82) is 0 Å². The third kappa shape index (κ3) is 2.92. The number of phenols is 2. The zero-order valence-electron chi connectivity index (χ0n) is 12.4. The van der Waals surface area contributed by atoms with Crippen molar-refractivity contribution in [3.05, 3.63) is 39.9 Å². The maximum Gasteiger partial charge on any atom is 0.450 e. The van der Waals surface area contributed by atoms with E-state index in [2.05, 4.69) is 4.99 Å². The molecule has 128 valence electrons. The number of fused-ring (bicyclic) bond motifs is 1. The third-order valence-corrected chi connectivity index (χ3v) is 3.15. The molecule has 0 spiro atoms. The van der Waals surface area contributed by atoms with Crippen molar-refractivity contribution in [2.45, 2.75) is 13.1 Å². The first kappa shape index (κ1) is 17.4. The molecule has 1 aromatic carbocycles. The molecular weight excluding hydrogens is 329 g/mol. The van der Waals surface area contributed by atoms with Gasteiger partial charge in [-0.2, -0.15) is 13.2 Å². The van der Waals surface area contributed by atoms with Crippen LogP contribution >= 0.6 is 0 Å². The molecular formula is C15H13F3N2O4. The number of aliphatic imine (C=N–C) groups is 1. The standard InChI is InChI=1S/C15H13F3N2O4/c1-2-20-6-7(5-19)10-11(22)8-3-4-9(21)12(23)13(8)24-14(10)15(16,17)18/h3-6,21,23H,2,19H2,1H3/b7-5+,20-6?. The van der Waals surface area contributed by atoms with E-state index in [1.165, 1.54) is 0 Å². The fourth-order valence-electron chi connectivity index (χ4n) is 2.08. The summed E-state index contributed by atoms with van der Waals surface area (Å²) in [5, 5.41) is 18.7. The number of nitrogens with zero attached hydrogens (tertiary/aromatic N) is 1. The first-order valence-corrected chi connectivity index (χ1v) is 6.73. The molecule has 24 heavy (non-hydrogen) atoms. The van der Waals surface area contributed by atoms with Crippen LogP contribution in [0.1, 0.15) is 18.2 Å². The van der Waals surface area contributed by atoms with E-state index in [0.717, 1.165) is 24.5 Å². The van der Waals surface area contributed by atoms with Gasteiger partial charge in [-0.3, -0.25) is 9.79 Å². The van der Waals surface area contributed by atoms with E-state index in [-0.39, 0.29) is 17.5 Å². The summed E-state index contributed by atoms with van der Waals surface area (Å²) in [5.41, 5.74) is 2.42. The topological polar surface area (TPSA) is 109 Å². The van der Waals surface area contributed by atoms with Crippen molar-refractivity contribution in [3.8, 4) is 11.5 Å². The number of aromatic hydroxyl groups is 2. The Hall–Kier alpha value is -2.97. The molecule has 0 amide bonds. The highest BCUT2D eigenvalue weighted by Gasteiger charge is 2.40. The van der Waals surface area contributed by atoms with Crippen LogP contribution in [0.15, 0.2) is 32.5 Å². The quantitative estimate of drug-likeness (QED) is 0.587. The number of allylic oxidation sites excluding steroid dienone is 1. The fraction of sp³-hybridized carbons (Fsp3) is 0.200. The van der Waals surface area contributed by atoms with Gasteiger partial charge in [0.25, 0.3) is 0 Å². The molecule has 0 aliphatic carbocycles. The molecule has 0 unspecified atom stereocenters. The van der Waals surface area contributed by atoms with Crippen LogP contribution in [-0.2, 0) is 6.18 Å². The number of nitrogens with two attached hydrogens (primary N) is 1. The Labute approximate surface area is 133 Å². The number of hydrogen-bond acceptors (Lipinski definition) is 6. The van der Waals surface area contributed by atoms with E-state index < -0.39 is 40.0 Å². The number of alkyl halides is 3. The van der Waals surface area contributed by atoms with Crippen LogP contribution in [0.25, 0.3) is 16.5 Å². The molecule has 0 bridgehead atoms. The first-order valence-electron chi connectivity index (χ1n) is 6.73. The fourth-order valence-corrected chi connectivity index (χ4v) is 2.08. The molecule has 1 aromatic heterocycles. The second kappa shape index (κ2) is 6.26. The van der Waals surface area contributed by atoms with Crippen LogP contribution in [0.4, 0.5) is 13.2 Å². The average Bonchev–Trinajstić information content (AvgIpc) is 2.52. The van der Waals surface area contributed by atoms with Crippen LogP contribution in [0.3, 0.4) is 0 Å². The predicted molar refractivity (Wildman–Crippen MR) is 82.0 cm³/mol. The van der Waals surface area contributed by atoms with Gasteiger partial charge in [0.1, 0.15) is 0 Å². The van der Waals surface area contributed by atoms with Gasteiger partial charge in [-0.25, -0.2) is 0 Å². The maximum atomic E-state index is 13.3. The SMILES string of the molecule is CCN=C/C(=C\N)c1c(C(F)(F)F)oc2c(O)c(O)ccc2c1=O. The monoisotopic (exact) mass is 342 g/mol. The van der Waals surface area contributed by atoms with E-state index in [4.69, 9.17) is 10.2 Å². The van der Waals surface area contributed by atoms with E-state index in [1.54, 1.807) is 6.92 Å². The highest BCUT2D eigenvalue weighted by atomic mass is 19.4. The smallest absolute Gasteiger partial charge is 0.450 e. The number of phenolic OH excluding ortho intramolecular Hbond substituents is 2. The zero-order valence-corrected chi connectivity index (χ0v) is 12.4. The van der Waals surface area contributed by atoms with Crippen molar-refractivity contribution >= 4 is 22.8 Å². The summed E-state index contributed by atoms with van der Waals surface area (Å²) < 4.78 is 44.7. The van der Waals surface area contributed by atoms with Gasteiger partial charge >= 0.3 is 6.18 Å². The van der Waals surface area contributed by atoms with E-state index in [9.17, 15) is 28.2 Å². The zero-order chi connectivity index (χ0) is 18.1. The van der Waals surface area contributed by atoms with Crippen molar-refractivity contribution in [3.63, 3.8) is 0 Å². The van der Waals surface area contributed by atoms with E-state index in [0.29, 0.717) is 0 Å². The molecule has 0 fully saturated rings. The second-order valence-corrected chi connectivity index (χ2v) is 4.69. The molecule has 2 aromatic rings. The molecule has 1 heterocycles. The molecule has 9 heteroatoms. The van der Waals surface area contributed by atoms with Crippen molar-refractivity contribution in [2.24, 2.45) is 10.7 Å². The predicted octanol–water partition coefficient (Wildman–Crippen LogP) is 2.61. The molecule has 0 saturated carbocycles. The van der Waals surface area contributed by atoms with Crippen molar-refractivity contribution in [2.75, 3.05) is 6.54 Å². The molecule has 6 nitrogen and oxygen atoms in total. The Morgan fingerprint density at radius 2 is 2.04 bits per heavy atom. The lowest BCUT2D eigenvalue weighted by Crippen LogP contribution is -2.19. The molecule has 0 radical (unpaired) electrons. The van der Waals surface area contributed by atoms with Gasteiger partial charge < -0.3 is 20.4 Å². The van der Waals surface area contributed by atoms with Gasteiger partial charge in [-0.15, -0.1) is 0 Å². The largest absolute Gasteiger partial charge is 0.504 e. The molecule has 0 aliphatic heterocycles. The van der Waals surface area contributed by atoms with Crippen LogP contribution in [0.2, 0.25) is 0 Å². The molecule has 2 rings (SSSR count). The van der Waals surface area contributed by atoms with Gasteiger partial charge in [0.2, 0.25) is 16.9 Å². The highest BCUT2D eigenvalue weighted by Crippen LogP contribution is 2.39. The van der Waals surface area contributed by atoms with E-state index in [1.807, 2.05) is 0 Å². The van der Waals surface area contributed by atoms with Crippen LogP contribution in [0.5, 0.6) is 11.5 Å². The molecule has 0 atom stereocenters. The van der Waals surface area contributed by atoms with Gasteiger partial charge in [-0.05, 0) is 19.1 Å². The summed E-state index contributed by atoms with van der Waals surface area (Å²) in [6, 6.07) is 2.02. The lowest BCUT2D eigenvalue weighted by Gasteiger charge is -2.13. The Balaban J connectivity index is 2.98. The summed E-state index contributed by atoms with van der Waals surface area (Å²) in [6.45, 7) is 1.92. The lowest BCUT2D eigenvalue weighted by molar-refractivity contribution is -0.153. The van der Waals surface area contributed by atoms with Gasteiger partial charge in [0.05, 0.1) is 10.9 Å². The summed E-state index contributed by atoms with van der Waals surface area (Å²) >= 11 is 0. The Morgan fingerprint density at radius 1 is 1.38 bits per heavy atom. The normalized spacial score (nSPS) is 13.1. The average molecular weight is 342 g/mol. The maximum absolute atomic E-state index is 13.3. The molecule has 0 saturated heterocycles. The second-order valence-electron chi connectivity index (χ2n) is 4.69. The minimum absolute atomic E-state index is 0.270. The Bertz CT molecular complexity index is 898. The third-order valence-electron chi connectivity index (χ3n) is 3.15. The number of hydrogen-bond donors (Lipinski definition) is 3. The summed E-state index contributed by atoms with van der Waals surface area (Å²) in [4.78, 5) is 16.3. The minimum Gasteiger partial charge on any atom is -0.504 e. The number of benzene rings is 1. The minimum atomic E-state index is -5.03. The molecule has 0 aliphatic rings. The summed E-state index contributed by atoms with van der Waals surface area (Å²) in [7, 11) is 0. The van der Waals surface area contributed by atoms with E-state index >= 15 is 0 Å². The Kier molecular flexibility index (Phi) is 4.54. The lowest BCUT2D eigenvalue weighted by atomic mass is 10.0. The summed E-state index contributed by atoms with van der Waals surface area (Å²) in [5.74, 6) is -3.31. The van der Waals surface area contributed by atoms with Gasteiger partial charge in [0, 0.05) is 24.5 Å². The Morgan fingerprint density at radius 3 is 2.58 bits per heavy atom. The highest BCUT2D eigenvalue weighted by molar-refractivity contribution is 6.10. The van der Waals surface area contributed by atoms with Crippen molar-refractivity contribution < 1.29 is 27.8 Å². The van der Waals surface area contributed by atoms with Crippen molar-refractivity contribution in [1.82, 2.24) is 0 Å². The van der Waals surface area contributed by atoms with Gasteiger partial charge in [-0.1, -0.05) is 0 Å². The van der Waals surface area contributed by atoms with Crippen LogP contribution in [0, 0.1) is 0 Å². The van der Waals surface area contributed by atoms with Gasteiger partial charge in [0.15, 0.2) is 11.3 Å².